The largest absolute Gasteiger partial charge is 0.456 e. The molecule has 0 spiro atoms. The molecule has 12 rings (SSSR count). The highest BCUT2D eigenvalue weighted by atomic mass is 16.5. The molecule has 9 aromatic rings. The Morgan fingerprint density at radius 2 is 0.940 bits per heavy atom. The Morgan fingerprint density at radius 1 is 0.440 bits per heavy atom. The first kappa shape index (κ1) is 26.4. The molecule has 0 fully saturated rings. The van der Waals surface area contributed by atoms with E-state index in [2.05, 4.69) is 155 Å². The molecule has 0 atom stereocenters. The van der Waals surface area contributed by atoms with Crippen LogP contribution in [-0.2, 0) is 6.42 Å². The van der Waals surface area contributed by atoms with E-state index in [-0.39, 0.29) is 0 Å². The number of hydrogen-bond donors (Lipinski definition) is 0. The van der Waals surface area contributed by atoms with Gasteiger partial charge in [-0.2, -0.15) is 0 Å². The second kappa shape index (κ2) is 9.55. The maximum absolute atomic E-state index is 6.77. The number of hydrogen-bond acceptors (Lipinski definition) is 2. The normalized spacial score (nSPS) is 13.7. The molecule has 4 nitrogen and oxygen atoms in total. The van der Waals surface area contributed by atoms with Crippen LogP contribution >= 0.6 is 0 Å². The Morgan fingerprint density at radius 3 is 1.54 bits per heavy atom. The first-order valence-corrected chi connectivity index (χ1v) is 17.3. The molecule has 234 valence electrons. The van der Waals surface area contributed by atoms with Crippen LogP contribution in [0.25, 0.3) is 83.2 Å². The average Bonchev–Trinajstić information content (AvgIpc) is 3.69. The van der Waals surface area contributed by atoms with Crippen molar-refractivity contribution < 1.29 is 9.47 Å². The second-order valence-corrected chi connectivity index (χ2v) is 13.6. The van der Waals surface area contributed by atoms with Gasteiger partial charge in [0.2, 0.25) is 0 Å². The smallest absolute Gasteiger partial charge is 0.137 e. The lowest BCUT2D eigenvalue weighted by Crippen LogP contribution is -2.05. The van der Waals surface area contributed by atoms with Gasteiger partial charge in [-0.15, -0.1) is 0 Å². The highest BCUT2D eigenvalue weighted by molar-refractivity contribution is 6.15. The molecular formula is C46H28N2O2. The number of rotatable bonds is 2. The van der Waals surface area contributed by atoms with Gasteiger partial charge in [-0.1, -0.05) is 72.8 Å². The van der Waals surface area contributed by atoms with E-state index in [0.29, 0.717) is 0 Å². The van der Waals surface area contributed by atoms with Crippen molar-refractivity contribution in [2.75, 3.05) is 0 Å². The minimum absolute atomic E-state index is 0.855. The maximum Gasteiger partial charge on any atom is 0.137 e. The Kier molecular flexibility index (Phi) is 5.05. The van der Waals surface area contributed by atoms with E-state index in [1.807, 2.05) is 0 Å². The van der Waals surface area contributed by atoms with E-state index in [0.717, 1.165) is 74.7 Å². The quantitative estimate of drug-likeness (QED) is 0.188. The molecule has 7 aromatic carbocycles. The standard InChI is InChI=1S/C46H28N2O2/c1-5-13-37-29(9-1)30-10-2-6-14-38(30)47(37)27-17-19-33-35-21-22-36-34-20-18-28(48-39-15-7-3-11-31(39)32-12-4-8-16-40(32)48)26-44(34)50-42-24-23-41(45(35)46(36)42)49-43(33)25-27/h1-3,5-11,13-26H,4,12H2. The number of para-hydroxylation sites is 3. The molecule has 4 heterocycles. The summed E-state index contributed by atoms with van der Waals surface area (Å²) in [6.07, 6.45) is 6.71. The zero-order valence-corrected chi connectivity index (χ0v) is 27.0. The van der Waals surface area contributed by atoms with Gasteiger partial charge in [0.1, 0.15) is 23.0 Å². The highest BCUT2D eigenvalue weighted by Crippen LogP contribution is 2.55. The first-order valence-electron chi connectivity index (χ1n) is 17.3. The van der Waals surface area contributed by atoms with Crippen LogP contribution in [0.1, 0.15) is 17.7 Å². The van der Waals surface area contributed by atoms with Gasteiger partial charge in [0, 0.05) is 67.3 Å². The predicted octanol–water partition coefficient (Wildman–Crippen LogP) is 12.4. The van der Waals surface area contributed by atoms with E-state index < -0.39 is 0 Å². The zero-order chi connectivity index (χ0) is 32.5. The fraction of sp³-hybridized carbons (Fsp3) is 0.0435. The molecule has 0 saturated carbocycles. The fourth-order valence-corrected chi connectivity index (χ4v) is 8.87. The molecule has 2 aliphatic heterocycles. The van der Waals surface area contributed by atoms with Crippen LogP contribution in [0.15, 0.2) is 140 Å². The van der Waals surface area contributed by atoms with Gasteiger partial charge < -0.3 is 18.6 Å². The minimum Gasteiger partial charge on any atom is -0.456 e. The molecule has 50 heavy (non-hydrogen) atoms. The molecule has 0 bridgehead atoms. The van der Waals surface area contributed by atoms with Crippen molar-refractivity contribution in [3.05, 3.63) is 151 Å². The second-order valence-electron chi connectivity index (χ2n) is 13.6. The van der Waals surface area contributed by atoms with Crippen molar-refractivity contribution in [3.8, 4) is 56.6 Å². The number of ether oxygens (including phenoxy) is 2. The third-order valence-electron chi connectivity index (χ3n) is 11.0. The lowest BCUT2D eigenvalue weighted by atomic mass is 9.88. The van der Waals surface area contributed by atoms with Gasteiger partial charge in [0.05, 0.1) is 16.6 Å². The summed E-state index contributed by atoms with van der Waals surface area (Å²) in [7, 11) is 0. The third-order valence-corrected chi connectivity index (χ3v) is 11.0. The van der Waals surface area contributed by atoms with Crippen LogP contribution in [0.5, 0.6) is 23.0 Å². The van der Waals surface area contributed by atoms with Crippen molar-refractivity contribution in [1.29, 1.82) is 0 Å². The summed E-state index contributed by atoms with van der Waals surface area (Å²) in [5, 5.41) is 6.03. The van der Waals surface area contributed by atoms with Crippen molar-refractivity contribution in [3.63, 3.8) is 0 Å². The monoisotopic (exact) mass is 640 g/mol. The highest BCUT2D eigenvalue weighted by Gasteiger charge is 2.29. The van der Waals surface area contributed by atoms with Crippen molar-refractivity contribution in [2.24, 2.45) is 0 Å². The molecular weight excluding hydrogens is 613 g/mol. The van der Waals surface area contributed by atoms with E-state index in [4.69, 9.17) is 9.47 Å². The van der Waals surface area contributed by atoms with Gasteiger partial charge in [-0.3, -0.25) is 0 Å². The van der Waals surface area contributed by atoms with E-state index in [1.165, 1.54) is 49.5 Å². The van der Waals surface area contributed by atoms with Gasteiger partial charge in [0.25, 0.3) is 0 Å². The first-order chi connectivity index (χ1) is 24.8. The summed E-state index contributed by atoms with van der Waals surface area (Å²) in [6.45, 7) is 0. The van der Waals surface area contributed by atoms with Crippen LogP contribution in [0.4, 0.5) is 0 Å². The number of aryl methyl sites for hydroxylation is 1. The number of aromatic nitrogens is 2. The van der Waals surface area contributed by atoms with E-state index in [9.17, 15) is 0 Å². The summed E-state index contributed by atoms with van der Waals surface area (Å²) in [5.41, 5.74) is 13.0. The summed E-state index contributed by atoms with van der Waals surface area (Å²) in [4.78, 5) is 0. The molecule has 4 heteroatoms. The molecule has 0 N–H and O–H groups in total. The predicted molar refractivity (Wildman–Crippen MR) is 203 cm³/mol. The summed E-state index contributed by atoms with van der Waals surface area (Å²) >= 11 is 0. The SMILES string of the molecule is C1=Cc2c(c3ccccc3n2-c2ccc3c(c2)Oc2ccc4c5c(ccc-3c25)-c2ccc(-n3c5ccccc5c5ccccc53)cc2O4)CC1. The number of allylic oxidation sites excluding steroid dienone is 1. The molecule has 3 aliphatic rings. The number of fused-ring (bicyclic) bond motifs is 10. The number of nitrogens with zero attached hydrogens (tertiary/aromatic N) is 2. The van der Waals surface area contributed by atoms with Crippen LogP contribution < -0.4 is 9.47 Å². The Balaban J connectivity index is 1.00. The molecule has 0 unspecified atom stereocenters. The average molecular weight is 641 g/mol. The van der Waals surface area contributed by atoms with Gasteiger partial charge in [0.15, 0.2) is 0 Å². The lowest BCUT2D eigenvalue weighted by molar-refractivity contribution is 0.475. The topological polar surface area (TPSA) is 28.3 Å². The van der Waals surface area contributed by atoms with Crippen LogP contribution in [0, 0.1) is 0 Å². The summed E-state index contributed by atoms with van der Waals surface area (Å²) in [5.74, 6) is 3.45. The summed E-state index contributed by atoms with van der Waals surface area (Å²) in [6, 6.07) is 47.9. The zero-order valence-electron chi connectivity index (χ0n) is 27.0. The van der Waals surface area contributed by atoms with Gasteiger partial charge in [-0.05, 0) is 90.2 Å². The van der Waals surface area contributed by atoms with Crippen LogP contribution in [0.3, 0.4) is 0 Å². The van der Waals surface area contributed by atoms with E-state index >= 15 is 0 Å². The third kappa shape index (κ3) is 3.40. The van der Waals surface area contributed by atoms with E-state index in [1.54, 1.807) is 0 Å². The number of benzene rings is 7. The Bertz CT molecular complexity index is 2940. The maximum atomic E-state index is 6.77. The Hall–Kier alpha value is -6.52. The lowest BCUT2D eigenvalue weighted by Gasteiger charge is -2.28. The molecule has 1 aliphatic carbocycles. The van der Waals surface area contributed by atoms with Crippen molar-refractivity contribution in [1.82, 2.24) is 9.13 Å². The summed E-state index contributed by atoms with van der Waals surface area (Å²) < 4.78 is 18.3. The molecule has 0 radical (unpaired) electrons. The fourth-order valence-electron chi connectivity index (χ4n) is 8.87. The van der Waals surface area contributed by atoms with Gasteiger partial charge >= 0.3 is 0 Å². The molecule has 2 aromatic heterocycles. The molecule has 0 saturated heterocycles. The van der Waals surface area contributed by atoms with Gasteiger partial charge in [-0.25, -0.2) is 0 Å². The van der Waals surface area contributed by atoms with Crippen molar-refractivity contribution >= 4 is 49.6 Å². The van der Waals surface area contributed by atoms with Crippen LogP contribution in [-0.4, -0.2) is 9.13 Å². The Labute approximate surface area is 287 Å². The minimum atomic E-state index is 0.855. The molecule has 0 amide bonds. The van der Waals surface area contributed by atoms with Crippen molar-refractivity contribution in [2.45, 2.75) is 12.8 Å². The van der Waals surface area contributed by atoms with Crippen LogP contribution in [0.2, 0.25) is 0 Å².